The summed E-state index contributed by atoms with van der Waals surface area (Å²) < 4.78 is 22.0. The van der Waals surface area contributed by atoms with Crippen molar-refractivity contribution < 1.29 is 13.2 Å². The highest BCUT2D eigenvalue weighted by molar-refractivity contribution is 7.90. The first-order valence-corrected chi connectivity index (χ1v) is 8.67. The first-order valence-electron chi connectivity index (χ1n) is 6.61. The molecule has 21 heavy (non-hydrogen) atoms. The number of carbonyl (C=O) groups excluding carboxylic acids is 1. The predicted molar refractivity (Wildman–Crippen MR) is 85.0 cm³/mol. The van der Waals surface area contributed by atoms with Crippen LogP contribution in [0.2, 0.25) is 0 Å². The fourth-order valence-electron chi connectivity index (χ4n) is 2.09. The molecule has 0 spiro atoms. The van der Waals surface area contributed by atoms with Crippen LogP contribution in [0, 0.1) is 0 Å². The number of nitrogens with two attached hydrogens (primary N) is 1. The normalized spacial score (nSPS) is 11.5. The average Bonchev–Trinajstić information content (AvgIpc) is 2.41. The second kappa shape index (κ2) is 6.13. The van der Waals surface area contributed by atoms with Gasteiger partial charge in [-0.25, -0.2) is 8.42 Å². The fourth-order valence-corrected chi connectivity index (χ4v) is 2.75. The number of nitrogens with one attached hydrogen (secondary N) is 1. The minimum Gasteiger partial charge on any atom is -0.398 e. The van der Waals surface area contributed by atoms with E-state index in [4.69, 9.17) is 5.73 Å². The number of carbonyl (C=O) groups is 1. The van der Waals surface area contributed by atoms with Gasteiger partial charge in [-0.2, -0.15) is 0 Å². The second-order valence-electron chi connectivity index (χ2n) is 5.03. The Hall–Kier alpha value is -2.08. The zero-order valence-corrected chi connectivity index (χ0v) is 12.6. The molecule has 0 radical (unpaired) electrons. The largest absolute Gasteiger partial charge is 0.398 e. The van der Waals surface area contributed by atoms with Gasteiger partial charge in [-0.1, -0.05) is 24.3 Å². The second-order valence-corrected chi connectivity index (χ2v) is 7.29. The van der Waals surface area contributed by atoms with Gasteiger partial charge in [0, 0.05) is 18.5 Å². The first kappa shape index (κ1) is 15.3. The third-order valence-electron chi connectivity index (χ3n) is 3.14. The Morgan fingerprint density at radius 3 is 2.43 bits per heavy atom. The van der Waals surface area contributed by atoms with E-state index >= 15 is 0 Å². The molecule has 0 fully saturated rings. The van der Waals surface area contributed by atoms with Crippen LogP contribution in [0.25, 0.3) is 10.8 Å². The summed E-state index contributed by atoms with van der Waals surface area (Å²) in [6.07, 6.45) is 1.56. The average molecular weight is 306 g/mol. The third kappa shape index (κ3) is 4.19. The van der Waals surface area contributed by atoms with Crippen LogP contribution < -0.4 is 11.1 Å². The SMILES string of the molecule is CS(=O)(=O)CCCNC(=O)c1cc2ccccc2cc1N. The highest BCUT2D eigenvalue weighted by Crippen LogP contribution is 2.21. The van der Waals surface area contributed by atoms with E-state index in [9.17, 15) is 13.2 Å². The van der Waals surface area contributed by atoms with Gasteiger partial charge < -0.3 is 11.1 Å². The van der Waals surface area contributed by atoms with Gasteiger partial charge in [0.05, 0.1) is 11.3 Å². The lowest BCUT2D eigenvalue weighted by Crippen LogP contribution is -2.26. The fraction of sp³-hybridized carbons (Fsp3) is 0.267. The van der Waals surface area contributed by atoms with Crippen LogP contribution in [0.5, 0.6) is 0 Å². The lowest BCUT2D eigenvalue weighted by atomic mass is 10.0. The van der Waals surface area contributed by atoms with E-state index in [1.165, 1.54) is 6.26 Å². The van der Waals surface area contributed by atoms with Crippen molar-refractivity contribution in [3.05, 3.63) is 42.0 Å². The minimum absolute atomic E-state index is 0.0560. The molecule has 1 amide bonds. The maximum absolute atomic E-state index is 12.1. The summed E-state index contributed by atoms with van der Waals surface area (Å²) in [7, 11) is -3.00. The zero-order valence-electron chi connectivity index (χ0n) is 11.8. The molecular weight excluding hydrogens is 288 g/mol. The summed E-state index contributed by atoms with van der Waals surface area (Å²) in [5.74, 6) is -0.229. The molecule has 2 aromatic carbocycles. The Balaban J connectivity index is 2.07. The number of fused-ring (bicyclic) bond motifs is 1. The molecule has 0 aliphatic heterocycles. The van der Waals surface area contributed by atoms with Crippen molar-refractivity contribution in [2.75, 3.05) is 24.3 Å². The molecule has 0 heterocycles. The maximum Gasteiger partial charge on any atom is 0.253 e. The minimum atomic E-state index is -3.00. The standard InChI is InChI=1S/C15H18N2O3S/c1-21(19,20)8-4-7-17-15(18)13-9-11-5-2-3-6-12(11)10-14(13)16/h2-3,5-6,9-10H,4,7-8,16H2,1H3,(H,17,18). The summed E-state index contributed by atoms with van der Waals surface area (Å²) in [4.78, 5) is 12.1. The summed E-state index contributed by atoms with van der Waals surface area (Å²) in [6, 6.07) is 11.2. The summed E-state index contributed by atoms with van der Waals surface area (Å²) in [5, 5.41) is 4.61. The molecule has 0 aliphatic carbocycles. The van der Waals surface area contributed by atoms with Crippen LogP contribution in [-0.4, -0.2) is 32.9 Å². The van der Waals surface area contributed by atoms with Gasteiger partial charge in [-0.05, 0) is 29.3 Å². The van der Waals surface area contributed by atoms with Gasteiger partial charge in [0.1, 0.15) is 9.84 Å². The molecule has 3 N–H and O–H groups in total. The molecule has 0 aliphatic rings. The number of benzene rings is 2. The monoisotopic (exact) mass is 306 g/mol. The molecule has 5 nitrogen and oxygen atoms in total. The van der Waals surface area contributed by atoms with Crippen molar-refractivity contribution in [2.45, 2.75) is 6.42 Å². The number of sulfone groups is 1. The van der Waals surface area contributed by atoms with Gasteiger partial charge in [0.25, 0.3) is 5.91 Å². The summed E-state index contributed by atoms with van der Waals surface area (Å²) in [5.41, 5.74) is 6.73. The van der Waals surface area contributed by atoms with Crippen LogP contribution in [-0.2, 0) is 9.84 Å². The Labute approximate surface area is 124 Å². The Morgan fingerprint density at radius 2 is 1.81 bits per heavy atom. The van der Waals surface area contributed by atoms with Crippen molar-refractivity contribution in [3.8, 4) is 0 Å². The third-order valence-corrected chi connectivity index (χ3v) is 4.17. The van der Waals surface area contributed by atoms with E-state index in [1.807, 2.05) is 24.3 Å². The molecule has 0 aromatic heterocycles. The Morgan fingerprint density at radius 1 is 1.19 bits per heavy atom. The van der Waals surface area contributed by atoms with Crippen LogP contribution in [0.1, 0.15) is 16.8 Å². The first-order chi connectivity index (χ1) is 9.87. The van der Waals surface area contributed by atoms with E-state index in [-0.39, 0.29) is 11.7 Å². The molecule has 2 aromatic rings. The lowest BCUT2D eigenvalue weighted by Gasteiger charge is -2.09. The van der Waals surface area contributed by atoms with Crippen molar-refractivity contribution >= 4 is 32.2 Å². The van der Waals surface area contributed by atoms with Gasteiger partial charge in [-0.3, -0.25) is 4.79 Å². The van der Waals surface area contributed by atoms with E-state index < -0.39 is 9.84 Å². The molecular formula is C15H18N2O3S. The molecule has 0 atom stereocenters. The van der Waals surface area contributed by atoms with Crippen LogP contribution >= 0.6 is 0 Å². The van der Waals surface area contributed by atoms with Crippen molar-refractivity contribution in [1.29, 1.82) is 0 Å². The number of hydrogen-bond acceptors (Lipinski definition) is 4. The lowest BCUT2D eigenvalue weighted by molar-refractivity contribution is 0.0954. The molecule has 112 valence electrons. The van der Waals surface area contributed by atoms with E-state index in [0.717, 1.165) is 10.8 Å². The van der Waals surface area contributed by atoms with Crippen LogP contribution in [0.4, 0.5) is 5.69 Å². The molecule has 0 saturated heterocycles. The highest BCUT2D eigenvalue weighted by atomic mass is 32.2. The Bertz CT molecular complexity index is 770. The number of amides is 1. The van der Waals surface area contributed by atoms with Crippen molar-refractivity contribution in [2.24, 2.45) is 0 Å². The van der Waals surface area contributed by atoms with Gasteiger partial charge in [-0.15, -0.1) is 0 Å². The molecule has 0 unspecified atom stereocenters. The van der Waals surface area contributed by atoms with Gasteiger partial charge >= 0.3 is 0 Å². The predicted octanol–water partition coefficient (Wildman–Crippen LogP) is 1.59. The molecule has 6 heteroatoms. The van der Waals surface area contributed by atoms with Crippen LogP contribution in [0.15, 0.2) is 36.4 Å². The van der Waals surface area contributed by atoms with Gasteiger partial charge in [0.2, 0.25) is 0 Å². The summed E-state index contributed by atoms with van der Waals surface area (Å²) in [6.45, 7) is 0.304. The summed E-state index contributed by atoms with van der Waals surface area (Å²) >= 11 is 0. The number of hydrogen-bond donors (Lipinski definition) is 2. The van der Waals surface area contributed by atoms with Crippen molar-refractivity contribution in [3.63, 3.8) is 0 Å². The quantitative estimate of drug-likeness (QED) is 0.648. The molecule has 0 saturated carbocycles. The van der Waals surface area contributed by atoms with E-state index in [1.54, 1.807) is 12.1 Å². The van der Waals surface area contributed by atoms with E-state index in [2.05, 4.69) is 5.32 Å². The highest BCUT2D eigenvalue weighted by Gasteiger charge is 2.11. The maximum atomic E-state index is 12.1. The van der Waals surface area contributed by atoms with E-state index in [0.29, 0.717) is 24.2 Å². The smallest absolute Gasteiger partial charge is 0.253 e. The van der Waals surface area contributed by atoms with Crippen molar-refractivity contribution in [1.82, 2.24) is 5.32 Å². The number of anilines is 1. The van der Waals surface area contributed by atoms with Crippen LogP contribution in [0.3, 0.4) is 0 Å². The number of rotatable bonds is 5. The Kier molecular flexibility index (Phi) is 4.47. The zero-order chi connectivity index (χ0) is 15.5. The molecule has 2 rings (SSSR count). The number of nitrogen functional groups attached to an aromatic ring is 1. The van der Waals surface area contributed by atoms with Gasteiger partial charge in [0.15, 0.2) is 0 Å². The topological polar surface area (TPSA) is 89.3 Å². The molecule has 0 bridgehead atoms.